The summed E-state index contributed by atoms with van der Waals surface area (Å²) in [5.74, 6) is -0.755. The molecular formula is C15H29NO2. The lowest BCUT2D eigenvalue weighted by molar-refractivity contribution is -0.151. The van der Waals surface area contributed by atoms with E-state index in [0.29, 0.717) is 0 Å². The molecule has 1 aliphatic rings. The fourth-order valence-electron chi connectivity index (χ4n) is 2.83. The van der Waals surface area contributed by atoms with Gasteiger partial charge in [-0.25, -0.2) is 0 Å². The second-order valence-corrected chi connectivity index (χ2v) is 6.00. The molecule has 0 amide bonds. The summed E-state index contributed by atoms with van der Waals surface area (Å²) in [7, 11) is 0. The first kappa shape index (κ1) is 15.5. The quantitative estimate of drug-likeness (QED) is 0.641. The number of aliphatic carboxylic acids is 1. The Balaban J connectivity index is 2.47. The predicted octanol–water partition coefficient (Wildman–Crippen LogP) is 3.53. The Morgan fingerprint density at radius 3 is 2.22 bits per heavy atom. The van der Waals surface area contributed by atoms with Crippen LogP contribution in [0.15, 0.2) is 0 Å². The third-order valence-corrected chi connectivity index (χ3v) is 4.38. The highest BCUT2D eigenvalue weighted by molar-refractivity contribution is 5.71. The Labute approximate surface area is 112 Å². The number of carboxylic acid groups (broad SMARTS) is 1. The van der Waals surface area contributed by atoms with E-state index in [1.54, 1.807) is 0 Å². The summed E-state index contributed by atoms with van der Waals surface area (Å²) < 4.78 is 0. The maximum absolute atomic E-state index is 10.9. The molecule has 0 aliphatic carbocycles. The van der Waals surface area contributed by atoms with Gasteiger partial charge >= 0.3 is 5.97 Å². The van der Waals surface area contributed by atoms with Crippen LogP contribution in [0.25, 0.3) is 0 Å². The lowest BCUT2D eigenvalue weighted by atomic mass is 9.82. The van der Waals surface area contributed by atoms with Crippen LogP contribution in [0.5, 0.6) is 0 Å². The molecule has 0 saturated carbocycles. The summed E-state index contributed by atoms with van der Waals surface area (Å²) in [5, 5.41) is 8.98. The van der Waals surface area contributed by atoms with Gasteiger partial charge in [0, 0.05) is 18.6 Å². The molecule has 3 nitrogen and oxygen atoms in total. The van der Waals surface area contributed by atoms with Gasteiger partial charge in [-0.05, 0) is 19.8 Å². The molecule has 1 unspecified atom stereocenters. The Hall–Kier alpha value is -0.570. The first-order valence-electron chi connectivity index (χ1n) is 7.51. The summed E-state index contributed by atoms with van der Waals surface area (Å²) in [5.41, 5.74) is 0.233. The van der Waals surface area contributed by atoms with Gasteiger partial charge < -0.3 is 5.11 Å². The van der Waals surface area contributed by atoms with Crippen molar-refractivity contribution >= 4 is 5.97 Å². The van der Waals surface area contributed by atoms with Crippen LogP contribution in [-0.4, -0.2) is 34.6 Å². The largest absolute Gasteiger partial charge is 0.481 e. The number of nitrogens with zero attached hydrogens (tertiary/aromatic N) is 1. The SMILES string of the molecule is CCCCCC(C)(CCCC)N1CC(C(=O)O)C1. The molecule has 1 fully saturated rings. The fraction of sp³-hybridized carbons (Fsp3) is 0.933. The smallest absolute Gasteiger partial charge is 0.309 e. The zero-order valence-corrected chi connectivity index (χ0v) is 12.2. The molecule has 18 heavy (non-hydrogen) atoms. The average Bonchev–Trinajstić information content (AvgIpc) is 2.24. The van der Waals surface area contributed by atoms with Crippen molar-refractivity contribution in [2.75, 3.05) is 13.1 Å². The van der Waals surface area contributed by atoms with Gasteiger partial charge in [0.1, 0.15) is 0 Å². The van der Waals surface area contributed by atoms with E-state index in [-0.39, 0.29) is 11.5 Å². The molecule has 3 heteroatoms. The number of carbonyl (C=O) groups is 1. The molecule has 1 heterocycles. The third-order valence-electron chi connectivity index (χ3n) is 4.38. The summed E-state index contributed by atoms with van der Waals surface area (Å²) >= 11 is 0. The van der Waals surface area contributed by atoms with Crippen LogP contribution < -0.4 is 0 Å². The second kappa shape index (κ2) is 7.13. The molecule has 1 aliphatic heterocycles. The van der Waals surface area contributed by atoms with Gasteiger partial charge in [-0.2, -0.15) is 0 Å². The minimum Gasteiger partial charge on any atom is -0.481 e. The molecule has 1 atom stereocenters. The van der Waals surface area contributed by atoms with E-state index in [0.717, 1.165) is 13.1 Å². The van der Waals surface area contributed by atoms with E-state index >= 15 is 0 Å². The zero-order chi connectivity index (χ0) is 13.6. The van der Waals surface area contributed by atoms with Crippen molar-refractivity contribution in [3.8, 4) is 0 Å². The monoisotopic (exact) mass is 255 g/mol. The lowest BCUT2D eigenvalue weighted by Gasteiger charge is -2.50. The highest BCUT2D eigenvalue weighted by atomic mass is 16.4. The van der Waals surface area contributed by atoms with Crippen LogP contribution in [0.1, 0.15) is 65.7 Å². The van der Waals surface area contributed by atoms with Gasteiger partial charge in [0.2, 0.25) is 0 Å². The van der Waals surface area contributed by atoms with Crippen molar-refractivity contribution in [3.05, 3.63) is 0 Å². The number of likely N-dealkylation sites (tertiary alicyclic amines) is 1. The van der Waals surface area contributed by atoms with Crippen molar-refractivity contribution in [1.29, 1.82) is 0 Å². The standard InChI is InChI=1S/C15H29NO2/c1-4-6-8-10-15(3,9-7-5-2)16-11-13(12-16)14(17)18/h13H,4-12H2,1-3H3,(H,17,18). The molecule has 0 aromatic rings. The molecule has 0 aromatic heterocycles. The van der Waals surface area contributed by atoms with Crippen molar-refractivity contribution in [3.63, 3.8) is 0 Å². The fourth-order valence-corrected chi connectivity index (χ4v) is 2.83. The molecule has 1 saturated heterocycles. The number of hydrogen-bond acceptors (Lipinski definition) is 2. The zero-order valence-electron chi connectivity index (χ0n) is 12.2. The maximum atomic E-state index is 10.9. The molecule has 106 valence electrons. The number of carboxylic acids is 1. The van der Waals surface area contributed by atoms with Gasteiger partial charge in [0.25, 0.3) is 0 Å². The molecule has 1 rings (SSSR count). The first-order valence-corrected chi connectivity index (χ1v) is 7.51. The molecule has 0 spiro atoms. The van der Waals surface area contributed by atoms with Gasteiger partial charge in [0.05, 0.1) is 5.92 Å². The van der Waals surface area contributed by atoms with E-state index < -0.39 is 5.97 Å². The predicted molar refractivity (Wildman–Crippen MR) is 74.8 cm³/mol. The topological polar surface area (TPSA) is 40.5 Å². The second-order valence-electron chi connectivity index (χ2n) is 6.00. The number of hydrogen-bond donors (Lipinski definition) is 1. The van der Waals surface area contributed by atoms with Gasteiger partial charge in [-0.3, -0.25) is 9.69 Å². The van der Waals surface area contributed by atoms with Crippen molar-refractivity contribution in [1.82, 2.24) is 4.90 Å². The summed E-state index contributed by atoms with van der Waals surface area (Å²) in [6.45, 7) is 8.29. The van der Waals surface area contributed by atoms with Gasteiger partial charge in [0.15, 0.2) is 0 Å². The van der Waals surface area contributed by atoms with E-state index in [9.17, 15) is 4.79 Å². The maximum Gasteiger partial charge on any atom is 0.309 e. The van der Waals surface area contributed by atoms with E-state index in [2.05, 4.69) is 25.7 Å². The van der Waals surface area contributed by atoms with Gasteiger partial charge in [-0.15, -0.1) is 0 Å². The Kier molecular flexibility index (Phi) is 6.13. The Morgan fingerprint density at radius 2 is 1.72 bits per heavy atom. The highest BCUT2D eigenvalue weighted by Crippen LogP contribution is 2.34. The van der Waals surface area contributed by atoms with Crippen LogP contribution in [-0.2, 0) is 4.79 Å². The van der Waals surface area contributed by atoms with E-state index in [1.807, 2.05) is 0 Å². The minimum absolute atomic E-state index is 0.128. The molecular weight excluding hydrogens is 226 g/mol. The first-order chi connectivity index (χ1) is 8.53. The molecule has 0 bridgehead atoms. The minimum atomic E-state index is -0.627. The van der Waals surface area contributed by atoms with Crippen molar-refractivity contribution in [2.45, 2.75) is 71.3 Å². The van der Waals surface area contributed by atoms with Gasteiger partial charge in [-0.1, -0.05) is 46.0 Å². The average molecular weight is 255 g/mol. The number of rotatable bonds is 9. The lowest BCUT2D eigenvalue weighted by Crippen LogP contribution is -2.60. The summed E-state index contributed by atoms with van der Waals surface area (Å²) in [6, 6.07) is 0. The van der Waals surface area contributed by atoms with Crippen LogP contribution in [0.4, 0.5) is 0 Å². The summed E-state index contributed by atoms with van der Waals surface area (Å²) in [6.07, 6.45) is 8.70. The van der Waals surface area contributed by atoms with Crippen LogP contribution in [0.3, 0.4) is 0 Å². The normalized spacial score (nSPS) is 20.4. The Bertz CT molecular complexity index is 261. The van der Waals surface area contributed by atoms with Crippen LogP contribution in [0, 0.1) is 5.92 Å². The van der Waals surface area contributed by atoms with Crippen LogP contribution >= 0.6 is 0 Å². The molecule has 0 aromatic carbocycles. The molecule has 1 N–H and O–H groups in total. The Morgan fingerprint density at radius 1 is 1.17 bits per heavy atom. The third kappa shape index (κ3) is 3.98. The van der Waals surface area contributed by atoms with Crippen molar-refractivity contribution < 1.29 is 9.90 Å². The highest BCUT2D eigenvalue weighted by Gasteiger charge is 2.42. The van der Waals surface area contributed by atoms with Crippen LogP contribution in [0.2, 0.25) is 0 Å². The molecule has 0 radical (unpaired) electrons. The summed E-state index contributed by atoms with van der Waals surface area (Å²) in [4.78, 5) is 13.3. The number of unbranched alkanes of at least 4 members (excludes halogenated alkanes) is 3. The van der Waals surface area contributed by atoms with E-state index in [1.165, 1.54) is 44.9 Å². The van der Waals surface area contributed by atoms with E-state index in [4.69, 9.17) is 5.11 Å². The van der Waals surface area contributed by atoms with Crippen molar-refractivity contribution in [2.24, 2.45) is 5.92 Å².